The van der Waals surface area contributed by atoms with Crippen molar-refractivity contribution in [2.24, 2.45) is 0 Å². The van der Waals surface area contributed by atoms with Gasteiger partial charge < -0.3 is 9.47 Å². The average Bonchev–Trinajstić information content (AvgIpc) is 2.48. The minimum absolute atomic E-state index is 0.287. The maximum atomic E-state index is 12.0. The van der Waals surface area contributed by atoms with Gasteiger partial charge in [-0.15, -0.1) is 0 Å². The van der Waals surface area contributed by atoms with Crippen LogP contribution in [0.4, 0.5) is 0 Å². The smallest absolute Gasteiger partial charge is 0.339 e. The molecule has 0 N–H and O–H groups in total. The third kappa shape index (κ3) is 4.08. The molecule has 0 bridgehead atoms. The summed E-state index contributed by atoms with van der Waals surface area (Å²) in [6.45, 7) is 0.810. The number of carbonyl (C=O) groups excluding carboxylic acids is 2. The molecular formula is C16H20O4. The number of cyclic esters (lactones) is 2. The Bertz CT molecular complexity index is 424. The molecule has 4 nitrogen and oxygen atoms in total. The monoisotopic (exact) mass is 276 g/mol. The first-order chi connectivity index (χ1) is 9.79. The van der Waals surface area contributed by atoms with Crippen LogP contribution in [0.3, 0.4) is 0 Å². The molecule has 0 radical (unpaired) electrons. The average molecular weight is 276 g/mol. The Kier molecular flexibility index (Phi) is 5.59. The Balaban J connectivity index is 2.13. The largest absolute Gasteiger partial charge is 0.462 e. The van der Waals surface area contributed by atoms with Crippen molar-refractivity contribution < 1.29 is 19.1 Å². The summed E-state index contributed by atoms with van der Waals surface area (Å²) in [5.41, 5.74) is 0.573. The third-order valence-corrected chi connectivity index (χ3v) is 3.37. The molecule has 20 heavy (non-hydrogen) atoms. The summed E-state index contributed by atoms with van der Waals surface area (Å²) in [5, 5.41) is 0. The fraction of sp³-hybridized carbons (Fsp3) is 0.500. The summed E-state index contributed by atoms with van der Waals surface area (Å²) in [4.78, 5) is 24.0. The summed E-state index contributed by atoms with van der Waals surface area (Å²) in [6.07, 6.45) is 6.13. The SMILES string of the molecule is O=C1OCCCCCCCCOC(=O)c2ccccc21. The second kappa shape index (κ2) is 7.68. The van der Waals surface area contributed by atoms with Crippen molar-refractivity contribution in [2.45, 2.75) is 38.5 Å². The second-order valence-corrected chi connectivity index (χ2v) is 4.94. The van der Waals surface area contributed by atoms with Crippen LogP contribution in [0.25, 0.3) is 0 Å². The number of esters is 2. The zero-order valence-corrected chi connectivity index (χ0v) is 11.6. The molecule has 0 unspecified atom stereocenters. The Morgan fingerprint density at radius 1 is 0.650 bits per heavy atom. The predicted molar refractivity (Wildman–Crippen MR) is 74.7 cm³/mol. The van der Waals surface area contributed by atoms with Crippen LogP contribution in [0, 0.1) is 0 Å². The zero-order valence-electron chi connectivity index (χ0n) is 11.6. The van der Waals surface area contributed by atoms with Crippen molar-refractivity contribution in [3.05, 3.63) is 35.4 Å². The van der Waals surface area contributed by atoms with Crippen molar-refractivity contribution in [3.63, 3.8) is 0 Å². The lowest BCUT2D eigenvalue weighted by Gasteiger charge is -2.11. The molecule has 0 amide bonds. The van der Waals surface area contributed by atoms with Gasteiger partial charge in [0.1, 0.15) is 0 Å². The summed E-state index contributed by atoms with van der Waals surface area (Å²) < 4.78 is 10.4. The highest BCUT2D eigenvalue weighted by Crippen LogP contribution is 2.14. The van der Waals surface area contributed by atoms with E-state index in [0.717, 1.165) is 38.5 Å². The van der Waals surface area contributed by atoms with Crippen LogP contribution in [-0.2, 0) is 9.47 Å². The van der Waals surface area contributed by atoms with Crippen LogP contribution < -0.4 is 0 Å². The Morgan fingerprint density at radius 3 is 1.50 bits per heavy atom. The quantitative estimate of drug-likeness (QED) is 0.682. The van der Waals surface area contributed by atoms with Gasteiger partial charge in [0.15, 0.2) is 0 Å². The molecule has 1 aromatic rings. The van der Waals surface area contributed by atoms with Gasteiger partial charge in [-0.05, 0) is 25.0 Å². The van der Waals surface area contributed by atoms with Crippen LogP contribution >= 0.6 is 0 Å². The van der Waals surface area contributed by atoms with E-state index in [1.54, 1.807) is 24.3 Å². The Labute approximate surface area is 119 Å². The topological polar surface area (TPSA) is 52.6 Å². The molecular weight excluding hydrogens is 256 g/mol. The standard InChI is InChI=1S/C16H20O4/c17-15-13-9-5-6-10-14(13)16(18)20-12-8-4-2-1-3-7-11-19-15/h5-6,9-10H,1-4,7-8,11-12H2. The van der Waals surface area contributed by atoms with Crippen molar-refractivity contribution >= 4 is 11.9 Å². The summed E-state index contributed by atoms with van der Waals surface area (Å²) >= 11 is 0. The zero-order chi connectivity index (χ0) is 14.2. The maximum Gasteiger partial charge on any atom is 0.339 e. The maximum absolute atomic E-state index is 12.0. The van der Waals surface area contributed by atoms with Crippen LogP contribution in [-0.4, -0.2) is 25.2 Å². The Hall–Kier alpha value is -1.84. The van der Waals surface area contributed by atoms with Crippen molar-refractivity contribution in [3.8, 4) is 0 Å². The van der Waals surface area contributed by atoms with Gasteiger partial charge in [0.05, 0.1) is 24.3 Å². The molecule has 0 aliphatic carbocycles. The highest BCUT2D eigenvalue weighted by atomic mass is 16.5. The highest BCUT2D eigenvalue weighted by molar-refractivity contribution is 6.03. The fourth-order valence-corrected chi connectivity index (χ4v) is 2.24. The third-order valence-electron chi connectivity index (χ3n) is 3.37. The van der Waals surface area contributed by atoms with Gasteiger partial charge >= 0.3 is 11.9 Å². The van der Waals surface area contributed by atoms with Crippen LogP contribution in [0.1, 0.15) is 59.2 Å². The lowest BCUT2D eigenvalue weighted by Crippen LogP contribution is -2.15. The van der Waals surface area contributed by atoms with E-state index < -0.39 is 11.9 Å². The molecule has 0 spiro atoms. The van der Waals surface area contributed by atoms with E-state index in [9.17, 15) is 9.59 Å². The minimum atomic E-state index is -0.449. The number of hydrogen-bond donors (Lipinski definition) is 0. The lowest BCUT2D eigenvalue weighted by atomic mass is 10.1. The molecule has 2 rings (SSSR count). The Morgan fingerprint density at radius 2 is 1.05 bits per heavy atom. The molecule has 108 valence electrons. The first-order valence-corrected chi connectivity index (χ1v) is 7.22. The van der Waals surface area contributed by atoms with E-state index in [0.29, 0.717) is 13.2 Å². The van der Waals surface area contributed by atoms with Crippen molar-refractivity contribution in [1.29, 1.82) is 0 Å². The molecule has 1 aliphatic rings. The highest BCUT2D eigenvalue weighted by Gasteiger charge is 2.18. The second-order valence-electron chi connectivity index (χ2n) is 4.94. The van der Waals surface area contributed by atoms with Crippen molar-refractivity contribution in [2.75, 3.05) is 13.2 Å². The summed E-state index contributed by atoms with van der Waals surface area (Å²) in [5.74, 6) is -0.899. The van der Waals surface area contributed by atoms with Gasteiger partial charge in [0, 0.05) is 0 Å². The first kappa shape index (κ1) is 14.6. The molecule has 0 saturated heterocycles. The fourth-order valence-electron chi connectivity index (χ4n) is 2.24. The van der Waals surface area contributed by atoms with Gasteiger partial charge in [-0.1, -0.05) is 37.8 Å². The van der Waals surface area contributed by atoms with Gasteiger partial charge in [0.25, 0.3) is 0 Å². The van der Waals surface area contributed by atoms with E-state index in [2.05, 4.69) is 0 Å². The van der Waals surface area contributed by atoms with Gasteiger partial charge in [-0.3, -0.25) is 0 Å². The van der Waals surface area contributed by atoms with E-state index in [1.807, 2.05) is 0 Å². The van der Waals surface area contributed by atoms with E-state index in [-0.39, 0.29) is 11.1 Å². The number of hydrogen-bond acceptors (Lipinski definition) is 4. The van der Waals surface area contributed by atoms with Crippen LogP contribution in [0.2, 0.25) is 0 Å². The minimum Gasteiger partial charge on any atom is -0.462 e. The number of ether oxygens (including phenoxy) is 2. The predicted octanol–water partition coefficient (Wildman–Crippen LogP) is 3.35. The molecule has 0 aromatic heterocycles. The van der Waals surface area contributed by atoms with Gasteiger partial charge in [-0.25, -0.2) is 9.59 Å². The summed E-state index contributed by atoms with van der Waals surface area (Å²) in [7, 11) is 0. The van der Waals surface area contributed by atoms with Crippen LogP contribution in [0.5, 0.6) is 0 Å². The molecule has 1 heterocycles. The molecule has 1 aliphatic heterocycles. The van der Waals surface area contributed by atoms with Gasteiger partial charge in [0.2, 0.25) is 0 Å². The number of benzene rings is 1. The molecule has 0 saturated carbocycles. The first-order valence-electron chi connectivity index (χ1n) is 7.22. The van der Waals surface area contributed by atoms with Crippen molar-refractivity contribution in [1.82, 2.24) is 0 Å². The van der Waals surface area contributed by atoms with E-state index >= 15 is 0 Å². The molecule has 0 fully saturated rings. The van der Waals surface area contributed by atoms with Crippen LogP contribution in [0.15, 0.2) is 24.3 Å². The molecule has 0 atom stereocenters. The van der Waals surface area contributed by atoms with E-state index in [4.69, 9.17) is 9.47 Å². The lowest BCUT2D eigenvalue weighted by molar-refractivity contribution is 0.0446. The number of carbonyl (C=O) groups is 2. The number of fused-ring (bicyclic) bond motifs is 1. The van der Waals surface area contributed by atoms with Gasteiger partial charge in [-0.2, -0.15) is 0 Å². The molecule has 4 heteroatoms. The molecule has 1 aromatic carbocycles. The summed E-state index contributed by atoms with van der Waals surface area (Å²) in [6, 6.07) is 6.64. The van der Waals surface area contributed by atoms with E-state index in [1.165, 1.54) is 0 Å². The normalized spacial score (nSPS) is 18.4. The number of rotatable bonds is 0.